The van der Waals surface area contributed by atoms with E-state index in [9.17, 15) is 23.4 Å². The maximum Gasteiger partial charge on any atom is 0.404 e. The number of carbonyl (C=O) groups is 1. The molecule has 1 aromatic heterocycles. The summed E-state index contributed by atoms with van der Waals surface area (Å²) in [6, 6.07) is 16.0. The highest BCUT2D eigenvalue weighted by Crippen LogP contribution is 2.33. The van der Waals surface area contributed by atoms with Gasteiger partial charge in [-0.25, -0.2) is 13.2 Å². The molecule has 0 aliphatic carbocycles. The van der Waals surface area contributed by atoms with Crippen LogP contribution in [0.3, 0.4) is 0 Å². The maximum absolute atomic E-state index is 13.7. The summed E-state index contributed by atoms with van der Waals surface area (Å²) in [4.78, 5) is 15.8. The number of hydrogen-bond acceptors (Lipinski definition) is 8. The van der Waals surface area contributed by atoms with E-state index in [-0.39, 0.29) is 30.3 Å². The fourth-order valence-electron chi connectivity index (χ4n) is 4.41. The fourth-order valence-corrected chi connectivity index (χ4v) is 6.04. The SMILES string of the molecule is CC(C)CN(C[C@@H](O)[C@H](Cc1ccc(OCc2ccccn2)cc1)NC(=O)O)S(=O)(=O)c1ccc2c(c1)OCCO2. The molecule has 3 aromatic rings. The molecule has 0 saturated carbocycles. The van der Waals surface area contributed by atoms with Gasteiger partial charge in [-0.05, 0) is 54.3 Å². The Bertz CT molecular complexity index is 1400. The third-order valence-electron chi connectivity index (χ3n) is 6.38. The second kappa shape index (κ2) is 13.7. The average molecular weight is 586 g/mol. The van der Waals surface area contributed by atoms with Crippen molar-refractivity contribution in [3.63, 3.8) is 0 Å². The molecular weight excluding hydrogens is 550 g/mol. The van der Waals surface area contributed by atoms with Gasteiger partial charge in [0.05, 0.1) is 22.7 Å². The minimum atomic E-state index is -4.05. The molecule has 1 aliphatic heterocycles. The van der Waals surface area contributed by atoms with Gasteiger partial charge in [0.15, 0.2) is 11.5 Å². The molecule has 0 unspecified atom stereocenters. The van der Waals surface area contributed by atoms with Gasteiger partial charge in [0.1, 0.15) is 25.6 Å². The van der Waals surface area contributed by atoms with E-state index in [2.05, 4.69) is 10.3 Å². The van der Waals surface area contributed by atoms with E-state index in [1.165, 1.54) is 16.4 Å². The minimum absolute atomic E-state index is 0.00126. The van der Waals surface area contributed by atoms with Gasteiger partial charge >= 0.3 is 6.09 Å². The van der Waals surface area contributed by atoms with Crippen molar-refractivity contribution in [2.45, 2.75) is 43.9 Å². The van der Waals surface area contributed by atoms with Crippen LogP contribution < -0.4 is 19.5 Å². The van der Waals surface area contributed by atoms with Gasteiger partial charge in [-0.1, -0.05) is 32.0 Å². The summed E-state index contributed by atoms with van der Waals surface area (Å²) in [5.41, 5.74) is 1.51. The highest BCUT2D eigenvalue weighted by Gasteiger charge is 2.32. The minimum Gasteiger partial charge on any atom is -0.487 e. The van der Waals surface area contributed by atoms with Crippen molar-refractivity contribution in [2.24, 2.45) is 5.92 Å². The quantitative estimate of drug-likeness (QED) is 0.275. The zero-order chi connectivity index (χ0) is 29.4. The van der Waals surface area contributed by atoms with Crippen LogP contribution in [0.25, 0.3) is 0 Å². The van der Waals surface area contributed by atoms with Gasteiger partial charge < -0.3 is 29.7 Å². The molecule has 220 valence electrons. The van der Waals surface area contributed by atoms with Crippen LogP contribution in [0, 0.1) is 5.92 Å². The van der Waals surface area contributed by atoms with Gasteiger partial charge in [-0.2, -0.15) is 4.31 Å². The third-order valence-corrected chi connectivity index (χ3v) is 8.20. The van der Waals surface area contributed by atoms with Crippen LogP contribution >= 0.6 is 0 Å². The molecule has 0 spiro atoms. The van der Waals surface area contributed by atoms with Gasteiger partial charge in [-0.15, -0.1) is 0 Å². The topological polar surface area (TPSA) is 148 Å². The number of benzene rings is 2. The molecule has 0 fully saturated rings. The number of aromatic nitrogens is 1. The predicted molar refractivity (Wildman–Crippen MR) is 151 cm³/mol. The van der Waals surface area contributed by atoms with E-state index >= 15 is 0 Å². The van der Waals surface area contributed by atoms with Crippen LogP contribution in [0.4, 0.5) is 4.79 Å². The van der Waals surface area contributed by atoms with Crippen molar-refractivity contribution in [3.05, 3.63) is 78.1 Å². The zero-order valence-corrected chi connectivity index (χ0v) is 23.8. The van der Waals surface area contributed by atoms with Crippen LogP contribution in [0.2, 0.25) is 0 Å². The number of aliphatic hydroxyl groups is 1. The molecule has 2 atom stereocenters. The zero-order valence-electron chi connectivity index (χ0n) is 23.0. The summed E-state index contributed by atoms with van der Waals surface area (Å²) in [5.74, 6) is 1.35. The Hall–Kier alpha value is -3.87. The second-order valence-electron chi connectivity index (χ2n) is 10.1. The number of hydrogen-bond donors (Lipinski definition) is 3. The molecular formula is C29H35N3O8S. The number of pyridine rings is 1. The molecule has 3 N–H and O–H groups in total. The molecule has 0 radical (unpaired) electrons. The number of fused-ring (bicyclic) bond motifs is 1. The van der Waals surface area contributed by atoms with Gasteiger partial charge in [0.25, 0.3) is 0 Å². The number of amides is 1. The number of carboxylic acid groups (broad SMARTS) is 1. The summed E-state index contributed by atoms with van der Waals surface area (Å²) in [6.07, 6.45) is -0.841. The lowest BCUT2D eigenvalue weighted by Gasteiger charge is -2.30. The van der Waals surface area contributed by atoms with Crippen molar-refractivity contribution in [3.8, 4) is 17.2 Å². The lowest BCUT2D eigenvalue weighted by Crippen LogP contribution is -2.50. The lowest BCUT2D eigenvalue weighted by atomic mass is 10.0. The van der Waals surface area contributed by atoms with E-state index in [1.807, 2.05) is 32.0 Å². The molecule has 2 aromatic carbocycles. The van der Waals surface area contributed by atoms with Crippen LogP contribution in [0.5, 0.6) is 17.2 Å². The summed E-state index contributed by atoms with van der Waals surface area (Å²) < 4.78 is 45.3. The van der Waals surface area contributed by atoms with E-state index < -0.39 is 28.3 Å². The molecule has 0 saturated heterocycles. The largest absolute Gasteiger partial charge is 0.487 e. The molecule has 12 heteroatoms. The maximum atomic E-state index is 13.7. The Kier molecular flexibility index (Phi) is 10.0. The summed E-state index contributed by atoms with van der Waals surface area (Å²) >= 11 is 0. The van der Waals surface area contributed by atoms with E-state index in [0.717, 1.165) is 11.3 Å². The molecule has 1 amide bonds. The molecule has 11 nitrogen and oxygen atoms in total. The number of nitrogens with zero attached hydrogens (tertiary/aromatic N) is 2. The highest BCUT2D eigenvalue weighted by atomic mass is 32.2. The molecule has 41 heavy (non-hydrogen) atoms. The molecule has 0 bridgehead atoms. The van der Waals surface area contributed by atoms with E-state index in [1.54, 1.807) is 36.5 Å². The van der Waals surface area contributed by atoms with Crippen LogP contribution in [-0.4, -0.2) is 72.5 Å². The average Bonchev–Trinajstić information content (AvgIpc) is 2.96. The number of sulfonamides is 1. The molecule has 1 aliphatic rings. The molecule has 2 heterocycles. The molecule has 4 rings (SSSR count). The number of nitrogens with one attached hydrogen (secondary N) is 1. The first kappa shape index (κ1) is 30.1. The number of aliphatic hydroxyl groups excluding tert-OH is 1. The lowest BCUT2D eigenvalue weighted by molar-refractivity contribution is 0.0980. The summed E-state index contributed by atoms with van der Waals surface area (Å²) in [6.45, 7) is 4.52. The van der Waals surface area contributed by atoms with Crippen molar-refractivity contribution in [1.29, 1.82) is 0 Å². The normalized spacial score (nSPS) is 14.5. The van der Waals surface area contributed by atoms with Crippen LogP contribution in [0.15, 0.2) is 71.8 Å². The first-order chi connectivity index (χ1) is 19.6. The summed E-state index contributed by atoms with van der Waals surface area (Å²) in [5, 5.41) is 23.0. The Morgan fingerprint density at radius 3 is 2.44 bits per heavy atom. The third kappa shape index (κ3) is 8.32. The van der Waals surface area contributed by atoms with Crippen molar-refractivity contribution >= 4 is 16.1 Å². The Labute approximate surface area is 239 Å². The van der Waals surface area contributed by atoms with Crippen molar-refractivity contribution in [1.82, 2.24) is 14.6 Å². The monoisotopic (exact) mass is 585 g/mol. The van der Waals surface area contributed by atoms with E-state index in [0.29, 0.717) is 37.1 Å². The first-order valence-electron chi connectivity index (χ1n) is 13.3. The number of ether oxygens (including phenoxy) is 3. The smallest absolute Gasteiger partial charge is 0.404 e. The Morgan fingerprint density at radius 2 is 1.78 bits per heavy atom. The number of rotatable bonds is 13. The van der Waals surface area contributed by atoms with Gasteiger partial charge in [0, 0.05) is 25.4 Å². The van der Waals surface area contributed by atoms with Crippen molar-refractivity contribution < 1.29 is 37.6 Å². The second-order valence-corrected chi connectivity index (χ2v) is 12.0. The van der Waals surface area contributed by atoms with Crippen LogP contribution in [0.1, 0.15) is 25.1 Å². The van der Waals surface area contributed by atoms with E-state index in [4.69, 9.17) is 14.2 Å². The Morgan fingerprint density at radius 1 is 1.05 bits per heavy atom. The van der Waals surface area contributed by atoms with Crippen LogP contribution in [-0.2, 0) is 23.1 Å². The highest BCUT2D eigenvalue weighted by molar-refractivity contribution is 7.89. The predicted octanol–water partition coefficient (Wildman–Crippen LogP) is 3.32. The fraction of sp³-hybridized carbons (Fsp3) is 0.379. The van der Waals surface area contributed by atoms with Gasteiger partial charge in [0.2, 0.25) is 10.0 Å². The van der Waals surface area contributed by atoms with Crippen molar-refractivity contribution in [2.75, 3.05) is 26.3 Å². The first-order valence-corrected chi connectivity index (χ1v) is 14.7. The Balaban J connectivity index is 1.47. The van der Waals surface area contributed by atoms with Gasteiger partial charge in [-0.3, -0.25) is 4.98 Å². The standard InChI is InChI=1S/C29H35N3O8S/c1-20(2)17-32(41(36,37)24-10-11-27-28(16-24)39-14-13-38-27)18-26(33)25(31-29(34)35)15-21-6-8-23(9-7-21)40-19-22-5-3-4-12-30-22/h3-12,16,20,25-26,31,33H,13-15,17-19H2,1-2H3,(H,34,35)/t25-,26+/m0/s1. The summed E-state index contributed by atoms with van der Waals surface area (Å²) in [7, 11) is -4.05.